The zero-order valence-corrected chi connectivity index (χ0v) is 15.5. The van der Waals surface area contributed by atoms with E-state index >= 15 is 0 Å². The van der Waals surface area contributed by atoms with Crippen molar-refractivity contribution in [3.8, 4) is 5.69 Å². The summed E-state index contributed by atoms with van der Waals surface area (Å²) in [6.07, 6.45) is 6.89. The van der Waals surface area contributed by atoms with Crippen molar-refractivity contribution in [2.24, 2.45) is 10.7 Å². The van der Waals surface area contributed by atoms with Crippen molar-refractivity contribution < 1.29 is 19.4 Å². The standard InChI is InChI=1S/C17H15N5.W/c1-12-3-5-14(6-4-12)22-17-16(11-21-22)15(7-8-20-17)13(9-18)10-19-2;/h2-11H,18H2,1H3;. The van der Waals surface area contributed by atoms with Crippen LogP contribution in [0, 0.1) is 6.92 Å². The first-order valence-electron chi connectivity index (χ1n) is 7.03. The third-order valence-electron chi connectivity index (χ3n) is 3.52. The van der Waals surface area contributed by atoms with E-state index in [-0.39, 0.29) is 0 Å². The molecule has 3 aromatic rings. The van der Waals surface area contributed by atoms with Crippen LogP contribution in [-0.2, 0) is 19.4 Å². The van der Waals surface area contributed by atoms with Gasteiger partial charge in [-0.25, -0.2) is 0 Å². The first-order chi connectivity index (χ1) is 11.2. The van der Waals surface area contributed by atoms with Crippen molar-refractivity contribution in [3.63, 3.8) is 0 Å². The molecule has 0 amide bonds. The molecule has 2 aromatic heterocycles. The number of fused-ring (bicyclic) bond motifs is 1. The van der Waals surface area contributed by atoms with Crippen molar-refractivity contribution in [2.45, 2.75) is 6.92 Å². The quantitative estimate of drug-likeness (QED) is 0.593. The van der Waals surface area contributed by atoms with E-state index in [1.165, 1.54) is 24.9 Å². The molecule has 0 unspecified atom stereocenters. The first-order valence-corrected chi connectivity index (χ1v) is 8.73. The molecule has 0 saturated heterocycles. The van der Waals surface area contributed by atoms with Crippen LogP contribution in [0.1, 0.15) is 11.1 Å². The number of rotatable bonds is 4. The Morgan fingerprint density at radius 1 is 1.26 bits per heavy atom. The molecule has 0 bridgehead atoms. The summed E-state index contributed by atoms with van der Waals surface area (Å²) < 4.78 is 3.64. The van der Waals surface area contributed by atoms with Gasteiger partial charge >= 0.3 is 138 Å². The number of aromatic nitrogens is 3. The second-order valence-corrected chi connectivity index (χ2v) is 5.75. The number of benzene rings is 1. The average molecular weight is 473 g/mol. The molecule has 0 spiro atoms. The van der Waals surface area contributed by atoms with Crippen LogP contribution in [0.2, 0.25) is 0 Å². The number of pyridine rings is 1. The molecule has 1 aromatic carbocycles. The molecule has 0 atom stereocenters. The summed E-state index contributed by atoms with van der Waals surface area (Å²) in [4.78, 5) is 8.67. The zero-order valence-electron chi connectivity index (χ0n) is 12.5. The van der Waals surface area contributed by atoms with Gasteiger partial charge in [-0.15, -0.1) is 0 Å². The van der Waals surface area contributed by atoms with Gasteiger partial charge in [0.1, 0.15) is 0 Å². The molecule has 0 fully saturated rings. The van der Waals surface area contributed by atoms with Gasteiger partial charge in [0, 0.05) is 0 Å². The summed E-state index contributed by atoms with van der Waals surface area (Å²) in [5.74, 6) is 0. The summed E-state index contributed by atoms with van der Waals surface area (Å²) in [7, 11) is 0. The van der Waals surface area contributed by atoms with E-state index in [9.17, 15) is 0 Å². The minimum atomic E-state index is 0.796. The monoisotopic (exact) mass is 473 g/mol. The second kappa shape index (κ2) is 6.80. The summed E-state index contributed by atoms with van der Waals surface area (Å²) in [5.41, 5.74) is 10.6. The number of allylic oxidation sites excluding steroid dienone is 1. The van der Waals surface area contributed by atoms with Crippen LogP contribution in [0.15, 0.2) is 53.9 Å². The van der Waals surface area contributed by atoms with Gasteiger partial charge in [-0.1, -0.05) is 0 Å². The topological polar surface area (TPSA) is 69.1 Å². The van der Waals surface area contributed by atoms with E-state index in [1.54, 1.807) is 23.1 Å². The van der Waals surface area contributed by atoms with E-state index in [4.69, 9.17) is 5.73 Å². The van der Waals surface area contributed by atoms with Crippen molar-refractivity contribution >= 4 is 27.3 Å². The van der Waals surface area contributed by atoms with E-state index in [1.807, 2.05) is 29.1 Å². The van der Waals surface area contributed by atoms with Gasteiger partial charge in [-0.2, -0.15) is 0 Å². The fraction of sp³-hybridized carbons (Fsp3) is 0.0588. The fourth-order valence-corrected chi connectivity index (χ4v) is 2.59. The Balaban J connectivity index is 2.16. The fourth-order valence-electron chi connectivity index (χ4n) is 2.37. The Bertz CT molecular complexity index is 906. The van der Waals surface area contributed by atoms with Crippen molar-refractivity contribution in [2.75, 3.05) is 0 Å². The van der Waals surface area contributed by atoms with Crippen LogP contribution in [-0.4, -0.2) is 25.5 Å². The molecule has 5 nitrogen and oxygen atoms in total. The maximum absolute atomic E-state index is 5.76. The van der Waals surface area contributed by atoms with Crippen LogP contribution in [0.4, 0.5) is 0 Å². The van der Waals surface area contributed by atoms with Crippen LogP contribution in [0.25, 0.3) is 22.3 Å². The molecule has 0 aliphatic carbocycles. The number of hydrogen-bond acceptors (Lipinski definition) is 4. The molecule has 2 heterocycles. The van der Waals surface area contributed by atoms with E-state index in [2.05, 4.69) is 34.1 Å². The minimum absolute atomic E-state index is 0.796. The van der Waals surface area contributed by atoms with Crippen LogP contribution >= 0.6 is 0 Å². The third-order valence-corrected chi connectivity index (χ3v) is 3.95. The van der Waals surface area contributed by atoms with Crippen LogP contribution < -0.4 is 5.73 Å². The molecule has 0 saturated carbocycles. The predicted molar refractivity (Wildman–Crippen MR) is 90.3 cm³/mol. The van der Waals surface area contributed by atoms with Gasteiger partial charge in [0.05, 0.1) is 0 Å². The number of hydrogen-bond donors (Lipinski definition) is 1. The second-order valence-electron chi connectivity index (χ2n) is 4.99. The molecule has 0 aliphatic rings. The van der Waals surface area contributed by atoms with Gasteiger partial charge in [-0.3, -0.25) is 0 Å². The molecule has 0 radical (unpaired) electrons. The van der Waals surface area contributed by atoms with E-state index in [0.717, 1.165) is 27.9 Å². The van der Waals surface area contributed by atoms with Crippen molar-refractivity contribution in [3.05, 3.63) is 60.1 Å². The number of aryl methyl sites for hydroxylation is 1. The predicted octanol–water partition coefficient (Wildman–Crippen LogP) is 2.41. The van der Waals surface area contributed by atoms with Gasteiger partial charge < -0.3 is 0 Å². The molecule has 0 aliphatic heterocycles. The first kappa shape index (κ1) is 15.5. The Morgan fingerprint density at radius 2 is 2.04 bits per heavy atom. The summed E-state index contributed by atoms with van der Waals surface area (Å²) in [6, 6.07) is 10.1. The van der Waals surface area contributed by atoms with Crippen LogP contribution in [0.3, 0.4) is 0 Å². The summed E-state index contributed by atoms with van der Waals surface area (Å²) >= 11 is 1.29. The maximum atomic E-state index is 5.76. The normalized spacial score (nSPS) is 12.1. The van der Waals surface area contributed by atoms with Gasteiger partial charge in [0.2, 0.25) is 0 Å². The Morgan fingerprint density at radius 3 is 2.74 bits per heavy atom. The summed E-state index contributed by atoms with van der Waals surface area (Å²) in [5, 5.41) is 5.43. The third kappa shape index (κ3) is 3.06. The van der Waals surface area contributed by atoms with Crippen LogP contribution in [0.5, 0.6) is 0 Å². The number of nitrogens with two attached hydrogens (primary N) is 1. The molecular weight excluding hydrogens is 458 g/mol. The van der Waals surface area contributed by atoms with E-state index < -0.39 is 0 Å². The number of nitrogens with zero attached hydrogens (tertiary/aromatic N) is 4. The Hall–Kier alpha value is -2.39. The molecule has 2 N–H and O–H groups in total. The van der Waals surface area contributed by atoms with Crippen molar-refractivity contribution in [1.82, 2.24) is 14.8 Å². The van der Waals surface area contributed by atoms with Gasteiger partial charge in [0.25, 0.3) is 0 Å². The molecule has 6 heteroatoms. The van der Waals surface area contributed by atoms with E-state index in [0.29, 0.717) is 0 Å². The molecular formula is C17H15N5W. The molecule has 3 rings (SSSR count). The number of aliphatic imine (C=N–C) groups is 1. The zero-order chi connectivity index (χ0) is 16.2. The Labute approximate surface area is 145 Å². The Kier molecular flexibility index (Phi) is 4.58. The molecule has 23 heavy (non-hydrogen) atoms. The molecule has 114 valence electrons. The van der Waals surface area contributed by atoms with Crippen molar-refractivity contribution in [1.29, 1.82) is 0 Å². The van der Waals surface area contributed by atoms with Gasteiger partial charge in [0.15, 0.2) is 0 Å². The average Bonchev–Trinajstić information content (AvgIpc) is 3.01. The summed E-state index contributed by atoms with van der Waals surface area (Å²) in [6.45, 7) is 2.06. The van der Waals surface area contributed by atoms with Gasteiger partial charge in [-0.05, 0) is 6.92 Å². The SMILES string of the molecule is Cc1ccc(-n2ncc3c(C(C=N[CH]=[W])=CN)ccnc32)cc1.